The van der Waals surface area contributed by atoms with Gasteiger partial charge >= 0.3 is 12.0 Å². The molecule has 3 rings (SSSR count). The molecule has 0 aromatic heterocycles. The maximum absolute atomic E-state index is 13.1. The predicted molar refractivity (Wildman–Crippen MR) is 117 cm³/mol. The smallest absolute Gasteiger partial charge is 0.318 e. The van der Waals surface area contributed by atoms with Gasteiger partial charge in [-0.25, -0.2) is 9.18 Å². The second-order valence-corrected chi connectivity index (χ2v) is 7.39. The number of hydrogen-bond donors (Lipinski definition) is 1. The molecule has 172 valence electrons. The fraction of sp³-hybridized carbons (Fsp3) is 0.417. The summed E-state index contributed by atoms with van der Waals surface area (Å²) in [6.07, 6.45) is 0.635. The number of urea groups is 1. The van der Waals surface area contributed by atoms with Gasteiger partial charge in [-0.2, -0.15) is 0 Å². The zero-order chi connectivity index (χ0) is 23.1. The van der Waals surface area contributed by atoms with Crippen molar-refractivity contribution in [2.24, 2.45) is 0 Å². The van der Waals surface area contributed by atoms with E-state index >= 15 is 0 Å². The Balaban J connectivity index is 1.87. The molecule has 1 aliphatic heterocycles. The molecule has 0 fully saturated rings. The van der Waals surface area contributed by atoms with Gasteiger partial charge in [-0.1, -0.05) is 12.1 Å². The molecule has 1 N–H and O–H groups in total. The van der Waals surface area contributed by atoms with E-state index in [1.807, 2.05) is 26.0 Å². The summed E-state index contributed by atoms with van der Waals surface area (Å²) in [5.74, 6) is 0.490. The van der Waals surface area contributed by atoms with Crippen molar-refractivity contribution in [2.75, 3.05) is 26.9 Å². The highest BCUT2D eigenvalue weighted by atomic mass is 19.1. The topological polar surface area (TPSA) is 77.1 Å². The van der Waals surface area contributed by atoms with Gasteiger partial charge in [-0.3, -0.25) is 4.79 Å². The number of ether oxygens (including phenoxy) is 3. The number of esters is 1. The van der Waals surface area contributed by atoms with Crippen LogP contribution in [-0.4, -0.2) is 43.8 Å². The Bertz CT molecular complexity index is 948. The Morgan fingerprint density at radius 3 is 2.38 bits per heavy atom. The zero-order valence-corrected chi connectivity index (χ0v) is 18.7. The van der Waals surface area contributed by atoms with Crippen LogP contribution in [0.15, 0.2) is 36.4 Å². The van der Waals surface area contributed by atoms with E-state index in [2.05, 4.69) is 5.32 Å². The van der Waals surface area contributed by atoms with E-state index < -0.39 is 12.0 Å². The Kier molecular flexibility index (Phi) is 7.92. The minimum atomic E-state index is -0.505. The first-order valence-corrected chi connectivity index (χ1v) is 10.7. The first-order valence-electron chi connectivity index (χ1n) is 10.7. The minimum Gasteiger partial charge on any atom is -0.490 e. The summed E-state index contributed by atoms with van der Waals surface area (Å²) in [6, 6.07) is 8.93. The maximum Gasteiger partial charge on any atom is 0.318 e. The SMILES string of the molecule is CCOc1cc2c(cc1OCC)[C@@H](CC(=O)OC)N(C(=O)NCc1ccc(F)cc1)CC2. The summed E-state index contributed by atoms with van der Waals surface area (Å²) in [6.45, 7) is 5.44. The van der Waals surface area contributed by atoms with E-state index in [-0.39, 0.29) is 24.8 Å². The third-order valence-electron chi connectivity index (χ3n) is 5.37. The molecule has 0 spiro atoms. The van der Waals surface area contributed by atoms with Gasteiger partial charge in [-0.05, 0) is 61.2 Å². The molecule has 2 aromatic carbocycles. The number of halogens is 1. The normalized spacial score (nSPS) is 15.0. The quantitative estimate of drug-likeness (QED) is 0.623. The van der Waals surface area contributed by atoms with Crippen molar-refractivity contribution in [3.63, 3.8) is 0 Å². The predicted octanol–water partition coefficient (Wildman–Crippen LogP) is 4.00. The number of carbonyl (C=O) groups is 2. The monoisotopic (exact) mass is 444 g/mol. The van der Waals surface area contributed by atoms with Crippen LogP contribution in [0.3, 0.4) is 0 Å². The van der Waals surface area contributed by atoms with Gasteiger partial charge in [-0.15, -0.1) is 0 Å². The number of hydrogen-bond acceptors (Lipinski definition) is 5. The van der Waals surface area contributed by atoms with E-state index in [4.69, 9.17) is 14.2 Å². The lowest BCUT2D eigenvalue weighted by atomic mass is 9.90. The summed E-state index contributed by atoms with van der Waals surface area (Å²) in [5.41, 5.74) is 2.63. The van der Waals surface area contributed by atoms with Crippen molar-refractivity contribution in [1.82, 2.24) is 10.2 Å². The largest absolute Gasteiger partial charge is 0.490 e. The second kappa shape index (κ2) is 10.8. The Morgan fingerprint density at radius 2 is 1.75 bits per heavy atom. The minimum absolute atomic E-state index is 0.0208. The van der Waals surface area contributed by atoms with Crippen LogP contribution in [0.1, 0.15) is 43.0 Å². The highest BCUT2D eigenvalue weighted by Gasteiger charge is 2.34. The molecule has 2 aromatic rings. The summed E-state index contributed by atoms with van der Waals surface area (Å²) in [4.78, 5) is 26.9. The number of methoxy groups -OCH3 is 1. The van der Waals surface area contributed by atoms with E-state index in [0.717, 1.165) is 16.7 Å². The fourth-order valence-electron chi connectivity index (χ4n) is 3.83. The molecule has 32 heavy (non-hydrogen) atoms. The standard InChI is InChI=1S/C24H29FN2O5/c1-4-31-21-12-17-10-11-27(24(29)26-15-16-6-8-18(25)9-7-16)20(14-23(28)30-3)19(17)13-22(21)32-5-2/h6-9,12-13,20H,4-5,10-11,14-15H2,1-3H3,(H,26,29)/t20-/m1/s1. The Labute approximate surface area is 187 Å². The third kappa shape index (κ3) is 5.49. The molecule has 1 atom stereocenters. The van der Waals surface area contributed by atoms with E-state index in [9.17, 15) is 14.0 Å². The number of fused-ring (bicyclic) bond motifs is 1. The lowest BCUT2D eigenvalue weighted by Gasteiger charge is -2.37. The van der Waals surface area contributed by atoms with Crippen molar-refractivity contribution >= 4 is 12.0 Å². The summed E-state index contributed by atoms with van der Waals surface area (Å²) in [5, 5.41) is 2.87. The number of nitrogens with zero attached hydrogens (tertiary/aromatic N) is 1. The summed E-state index contributed by atoms with van der Waals surface area (Å²) in [7, 11) is 1.33. The molecule has 0 saturated heterocycles. The Hall–Kier alpha value is -3.29. The zero-order valence-electron chi connectivity index (χ0n) is 18.7. The third-order valence-corrected chi connectivity index (χ3v) is 5.37. The van der Waals surface area contributed by atoms with Crippen molar-refractivity contribution < 1.29 is 28.2 Å². The van der Waals surface area contributed by atoms with Crippen molar-refractivity contribution in [2.45, 2.75) is 39.3 Å². The first kappa shape index (κ1) is 23.4. The van der Waals surface area contributed by atoms with Crippen LogP contribution in [0.4, 0.5) is 9.18 Å². The average molecular weight is 445 g/mol. The van der Waals surface area contributed by atoms with Crippen molar-refractivity contribution in [1.29, 1.82) is 0 Å². The van der Waals surface area contributed by atoms with Crippen LogP contribution in [0.5, 0.6) is 11.5 Å². The van der Waals surface area contributed by atoms with Crippen molar-refractivity contribution in [3.8, 4) is 11.5 Å². The molecule has 7 nitrogen and oxygen atoms in total. The lowest BCUT2D eigenvalue weighted by Crippen LogP contribution is -2.46. The molecule has 8 heteroatoms. The molecule has 0 unspecified atom stereocenters. The summed E-state index contributed by atoms with van der Waals surface area (Å²) >= 11 is 0. The van der Waals surface area contributed by atoms with E-state index in [0.29, 0.717) is 37.7 Å². The van der Waals surface area contributed by atoms with Gasteiger partial charge in [0.05, 0.1) is 32.8 Å². The number of benzene rings is 2. The van der Waals surface area contributed by atoms with Crippen LogP contribution >= 0.6 is 0 Å². The summed E-state index contributed by atoms with van der Waals surface area (Å²) < 4.78 is 29.5. The van der Waals surface area contributed by atoms with Crippen LogP contribution in [-0.2, 0) is 22.5 Å². The van der Waals surface area contributed by atoms with Gasteiger partial charge in [0.15, 0.2) is 11.5 Å². The Morgan fingerprint density at radius 1 is 1.09 bits per heavy atom. The molecular formula is C24H29FN2O5. The number of amides is 2. The molecule has 0 aliphatic carbocycles. The van der Waals surface area contributed by atoms with Gasteiger partial charge in [0.2, 0.25) is 0 Å². The van der Waals surface area contributed by atoms with E-state index in [1.165, 1.54) is 19.2 Å². The van der Waals surface area contributed by atoms with Gasteiger partial charge in [0.1, 0.15) is 5.82 Å². The molecule has 1 heterocycles. The van der Waals surface area contributed by atoms with Crippen LogP contribution in [0.2, 0.25) is 0 Å². The number of nitrogens with one attached hydrogen (secondary N) is 1. The highest BCUT2D eigenvalue weighted by molar-refractivity contribution is 5.77. The molecule has 1 aliphatic rings. The lowest BCUT2D eigenvalue weighted by molar-refractivity contribution is -0.141. The molecule has 2 amide bonds. The molecular weight excluding hydrogens is 415 g/mol. The van der Waals surface area contributed by atoms with Crippen LogP contribution < -0.4 is 14.8 Å². The molecule has 0 saturated carbocycles. The van der Waals surface area contributed by atoms with Crippen molar-refractivity contribution in [3.05, 3.63) is 58.9 Å². The number of rotatable bonds is 8. The average Bonchev–Trinajstić information content (AvgIpc) is 2.79. The highest BCUT2D eigenvalue weighted by Crippen LogP contribution is 2.40. The van der Waals surface area contributed by atoms with Gasteiger partial charge in [0, 0.05) is 13.1 Å². The molecule has 0 bridgehead atoms. The van der Waals surface area contributed by atoms with Crippen LogP contribution in [0.25, 0.3) is 0 Å². The van der Waals surface area contributed by atoms with Crippen LogP contribution in [0, 0.1) is 5.82 Å². The fourth-order valence-corrected chi connectivity index (χ4v) is 3.83. The van der Waals surface area contributed by atoms with Gasteiger partial charge < -0.3 is 24.4 Å². The van der Waals surface area contributed by atoms with Gasteiger partial charge in [0.25, 0.3) is 0 Å². The van der Waals surface area contributed by atoms with E-state index in [1.54, 1.807) is 17.0 Å². The number of carbonyl (C=O) groups excluding carboxylic acids is 2. The molecule has 0 radical (unpaired) electrons. The maximum atomic E-state index is 13.1. The second-order valence-electron chi connectivity index (χ2n) is 7.39. The first-order chi connectivity index (χ1) is 15.5.